The fraction of sp³-hybridized carbons (Fsp3) is 0.333. The Balaban J connectivity index is 2.43. The number of benzene rings is 1. The van der Waals surface area contributed by atoms with Crippen molar-refractivity contribution in [3.63, 3.8) is 0 Å². The predicted molar refractivity (Wildman–Crippen MR) is 78.0 cm³/mol. The molecule has 1 aromatic carbocycles. The van der Waals surface area contributed by atoms with Crippen LogP contribution < -0.4 is 11.1 Å². The van der Waals surface area contributed by atoms with Crippen molar-refractivity contribution in [1.29, 1.82) is 0 Å². The molecule has 106 valence electrons. The van der Waals surface area contributed by atoms with Crippen LogP contribution in [0.1, 0.15) is 29.9 Å². The lowest BCUT2D eigenvalue weighted by Crippen LogP contribution is -2.41. The lowest BCUT2D eigenvalue weighted by Gasteiger charge is -2.21. The van der Waals surface area contributed by atoms with Crippen molar-refractivity contribution in [2.75, 3.05) is 0 Å². The molecule has 2 atom stereocenters. The number of amides is 1. The van der Waals surface area contributed by atoms with Gasteiger partial charge in [0.25, 0.3) is 0 Å². The van der Waals surface area contributed by atoms with Crippen LogP contribution in [-0.4, -0.2) is 21.5 Å². The Morgan fingerprint density at radius 2 is 2.10 bits per heavy atom. The molecular weight excluding hydrogens is 252 g/mol. The van der Waals surface area contributed by atoms with Gasteiger partial charge in [0.1, 0.15) is 11.9 Å². The van der Waals surface area contributed by atoms with Crippen molar-refractivity contribution in [3.05, 3.63) is 53.6 Å². The second-order valence-corrected chi connectivity index (χ2v) is 4.98. The molecule has 1 heterocycles. The summed E-state index contributed by atoms with van der Waals surface area (Å²) in [4.78, 5) is 16.3. The lowest BCUT2D eigenvalue weighted by atomic mass is 10.00. The van der Waals surface area contributed by atoms with Gasteiger partial charge < -0.3 is 15.6 Å². The minimum atomic E-state index is -0.554. The molecule has 0 fully saturated rings. The Labute approximate surface area is 118 Å². The first-order valence-corrected chi connectivity index (χ1v) is 6.59. The van der Waals surface area contributed by atoms with E-state index in [0.717, 1.165) is 17.0 Å². The van der Waals surface area contributed by atoms with Gasteiger partial charge in [0.15, 0.2) is 0 Å². The highest BCUT2D eigenvalue weighted by Gasteiger charge is 2.23. The number of nitrogens with two attached hydrogens (primary N) is 1. The summed E-state index contributed by atoms with van der Waals surface area (Å²) in [6.07, 6.45) is 3.58. The van der Waals surface area contributed by atoms with Gasteiger partial charge in [0.2, 0.25) is 5.91 Å². The van der Waals surface area contributed by atoms with E-state index in [1.165, 1.54) is 0 Å². The Morgan fingerprint density at radius 3 is 2.65 bits per heavy atom. The third-order valence-electron chi connectivity index (χ3n) is 3.32. The number of carbonyl (C=O) groups is 1. The van der Waals surface area contributed by atoms with Gasteiger partial charge in [0.05, 0.1) is 6.04 Å². The van der Waals surface area contributed by atoms with Crippen molar-refractivity contribution in [1.82, 2.24) is 14.9 Å². The Bertz CT molecular complexity index is 603. The summed E-state index contributed by atoms with van der Waals surface area (Å²) in [5.74, 6) is 0.592. The molecule has 1 amide bonds. The normalized spacial score (nSPS) is 13.8. The van der Waals surface area contributed by atoms with E-state index in [-0.39, 0.29) is 11.9 Å². The molecule has 0 saturated carbocycles. The molecule has 3 N–H and O–H groups in total. The van der Waals surface area contributed by atoms with Crippen molar-refractivity contribution < 1.29 is 4.79 Å². The van der Waals surface area contributed by atoms with E-state index in [1.54, 1.807) is 13.1 Å². The molecule has 0 aliphatic carbocycles. The first-order chi connectivity index (χ1) is 9.50. The molecule has 0 aliphatic rings. The van der Waals surface area contributed by atoms with Gasteiger partial charge in [-0.15, -0.1) is 0 Å². The quantitative estimate of drug-likeness (QED) is 0.880. The van der Waals surface area contributed by atoms with Crippen LogP contribution in [0.15, 0.2) is 36.7 Å². The van der Waals surface area contributed by atoms with Crippen LogP contribution in [0.25, 0.3) is 0 Å². The van der Waals surface area contributed by atoms with Crippen LogP contribution in [0.2, 0.25) is 0 Å². The largest absolute Gasteiger partial charge is 0.341 e. The van der Waals surface area contributed by atoms with Gasteiger partial charge in [0, 0.05) is 19.4 Å². The van der Waals surface area contributed by atoms with Gasteiger partial charge >= 0.3 is 0 Å². The minimum absolute atomic E-state index is 0.193. The zero-order chi connectivity index (χ0) is 14.7. The summed E-state index contributed by atoms with van der Waals surface area (Å²) < 4.78 is 1.90. The highest BCUT2D eigenvalue weighted by atomic mass is 16.2. The average Bonchev–Trinajstić information content (AvgIpc) is 2.82. The second kappa shape index (κ2) is 5.88. The summed E-state index contributed by atoms with van der Waals surface area (Å²) >= 11 is 0. The first-order valence-electron chi connectivity index (χ1n) is 6.59. The van der Waals surface area contributed by atoms with Gasteiger partial charge in [-0.1, -0.05) is 24.3 Å². The van der Waals surface area contributed by atoms with Crippen LogP contribution in [0.4, 0.5) is 0 Å². The monoisotopic (exact) mass is 272 g/mol. The Morgan fingerprint density at radius 1 is 1.40 bits per heavy atom. The number of hydrogen-bond donors (Lipinski definition) is 2. The van der Waals surface area contributed by atoms with Crippen LogP contribution in [0.5, 0.6) is 0 Å². The van der Waals surface area contributed by atoms with Crippen LogP contribution in [0, 0.1) is 6.92 Å². The maximum atomic E-state index is 12.0. The molecule has 5 heteroatoms. The number of aryl methyl sites for hydroxylation is 2. The summed E-state index contributed by atoms with van der Waals surface area (Å²) in [7, 11) is 1.91. The summed E-state index contributed by atoms with van der Waals surface area (Å²) in [5, 5.41) is 2.97. The molecule has 1 aromatic heterocycles. The fourth-order valence-corrected chi connectivity index (χ4v) is 2.12. The number of nitrogens with zero attached hydrogens (tertiary/aromatic N) is 2. The Kier molecular flexibility index (Phi) is 4.20. The maximum Gasteiger partial charge on any atom is 0.237 e. The number of carbonyl (C=O) groups excluding carboxylic acids is 1. The molecule has 2 aromatic rings. The summed E-state index contributed by atoms with van der Waals surface area (Å²) in [6.45, 7) is 3.69. The van der Waals surface area contributed by atoms with E-state index in [4.69, 9.17) is 5.73 Å². The molecule has 0 radical (unpaired) electrons. The molecule has 0 bridgehead atoms. The van der Waals surface area contributed by atoms with Gasteiger partial charge in [-0.25, -0.2) is 4.98 Å². The molecule has 0 aliphatic heterocycles. The zero-order valence-corrected chi connectivity index (χ0v) is 12.0. The minimum Gasteiger partial charge on any atom is -0.341 e. The van der Waals surface area contributed by atoms with Crippen molar-refractivity contribution in [3.8, 4) is 0 Å². The SMILES string of the molecule is Cc1ccccc1C(NC(=O)C(C)N)c1nccn1C. The number of hydrogen-bond acceptors (Lipinski definition) is 3. The van der Waals surface area contributed by atoms with E-state index >= 15 is 0 Å². The van der Waals surface area contributed by atoms with Crippen LogP contribution >= 0.6 is 0 Å². The number of imidazole rings is 1. The van der Waals surface area contributed by atoms with Crippen LogP contribution in [-0.2, 0) is 11.8 Å². The van der Waals surface area contributed by atoms with Gasteiger partial charge in [-0.3, -0.25) is 4.79 Å². The average molecular weight is 272 g/mol. The van der Waals surface area contributed by atoms with E-state index in [0.29, 0.717) is 0 Å². The fourth-order valence-electron chi connectivity index (χ4n) is 2.12. The topological polar surface area (TPSA) is 72.9 Å². The third kappa shape index (κ3) is 2.88. The van der Waals surface area contributed by atoms with Crippen molar-refractivity contribution >= 4 is 5.91 Å². The molecule has 2 rings (SSSR count). The van der Waals surface area contributed by atoms with Crippen molar-refractivity contribution in [2.45, 2.75) is 25.9 Å². The van der Waals surface area contributed by atoms with E-state index in [2.05, 4.69) is 10.3 Å². The molecule has 20 heavy (non-hydrogen) atoms. The second-order valence-electron chi connectivity index (χ2n) is 4.98. The standard InChI is InChI=1S/C15H20N4O/c1-10-6-4-5-7-12(10)13(18-15(20)11(2)16)14-17-8-9-19(14)3/h4-9,11,13H,16H2,1-3H3,(H,18,20). The van der Waals surface area contributed by atoms with Gasteiger partial charge in [-0.2, -0.15) is 0 Å². The molecule has 5 nitrogen and oxygen atoms in total. The van der Waals surface area contributed by atoms with Crippen molar-refractivity contribution in [2.24, 2.45) is 12.8 Å². The zero-order valence-electron chi connectivity index (χ0n) is 12.0. The maximum absolute atomic E-state index is 12.0. The number of rotatable bonds is 4. The number of nitrogens with one attached hydrogen (secondary N) is 1. The Hall–Kier alpha value is -2.14. The first kappa shape index (κ1) is 14.3. The van der Waals surface area contributed by atoms with Gasteiger partial charge in [-0.05, 0) is 25.0 Å². The van der Waals surface area contributed by atoms with E-state index in [9.17, 15) is 4.79 Å². The highest BCUT2D eigenvalue weighted by molar-refractivity contribution is 5.81. The summed E-state index contributed by atoms with van der Waals surface area (Å²) in [6, 6.07) is 7.09. The number of aromatic nitrogens is 2. The molecule has 0 spiro atoms. The lowest BCUT2D eigenvalue weighted by molar-refractivity contribution is -0.122. The highest BCUT2D eigenvalue weighted by Crippen LogP contribution is 2.23. The van der Waals surface area contributed by atoms with Crippen LogP contribution in [0.3, 0.4) is 0 Å². The smallest absolute Gasteiger partial charge is 0.237 e. The third-order valence-corrected chi connectivity index (χ3v) is 3.32. The molecule has 0 saturated heterocycles. The summed E-state index contributed by atoms with van der Waals surface area (Å²) in [5.41, 5.74) is 7.78. The predicted octanol–water partition coefficient (Wildman–Crippen LogP) is 1.28. The van der Waals surface area contributed by atoms with E-state index < -0.39 is 6.04 Å². The molecular formula is C15H20N4O. The molecule has 2 unspecified atom stereocenters. The van der Waals surface area contributed by atoms with E-state index in [1.807, 2.05) is 49.0 Å².